The Morgan fingerprint density at radius 2 is 0.684 bits per heavy atom. The fourth-order valence-electron chi connectivity index (χ4n) is 10.0. The average Bonchev–Trinajstić information content (AvgIpc) is 4.08. The summed E-state index contributed by atoms with van der Waals surface area (Å²) in [6, 6.07) is 32.7. The second kappa shape index (κ2) is 21.1. The molecule has 0 radical (unpaired) electrons. The second-order valence-corrected chi connectivity index (χ2v) is 16.2. The molecular formula is C48H69N3O6. The Bertz CT molecular complexity index is 1490. The monoisotopic (exact) mass is 784 g/mol. The zero-order valence-corrected chi connectivity index (χ0v) is 32.1. The summed E-state index contributed by atoms with van der Waals surface area (Å²) >= 11 is 0. The van der Waals surface area contributed by atoms with Crippen LogP contribution >= 0.6 is 0 Å². The second-order valence-electron chi connectivity index (χ2n) is 16.2. The maximum Gasteiger partial charge on any atom is 0.310 e. The first-order valence-electron chi connectivity index (χ1n) is 20.0. The SMILES string of the molecule is C.C.C.CN1C2CCC1C(C(=O)OCc1ccccc1)C2.CN1C2CCC1C(C(=O)OCc1ccccc1)C2.CN1C2CCC1C(C(=O)OCc1ccccc1)C2. The zero-order valence-electron chi connectivity index (χ0n) is 32.1. The van der Waals surface area contributed by atoms with Gasteiger partial charge in [0.25, 0.3) is 0 Å². The van der Waals surface area contributed by atoms with Crippen molar-refractivity contribution < 1.29 is 28.6 Å². The number of benzene rings is 3. The van der Waals surface area contributed by atoms with Gasteiger partial charge >= 0.3 is 17.9 Å². The van der Waals surface area contributed by atoms with Crippen LogP contribution in [0.4, 0.5) is 0 Å². The van der Waals surface area contributed by atoms with Gasteiger partial charge in [-0.1, -0.05) is 113 Å². The molecule has 6 bridgehead atoms. The molecule has 3 aromatic carbocycles. The first-order chi connectivity index (χ1) is 26.3. The van der Waals surface area contributed by atoms with Gasteiger partial charge in [0.1, 0.15) is 19.8 Å². The van der Waals surface area contributed by atoms with Gasteiger partial charge in [0.15, 0.2) is 0 Å². The maximum atomic E-state index is 12.1. The number of carbonyl (C=O) groups is 3. The van der Waals surface area contributed by atoms with Gasteiger partial charge in [-0.25, -0.2) is 0 Å². The van der Waals surface area contributed by atoms with Gasteiger partial charge in [0.05, 0.1) is 17.8 Å². The van der Waals surface area contributed by atoms with Crippen LogP contribution in [0.5, 0.6) is 0 Å². The lowest BCUT2D eigenvalue weighted by atomic mass is 9.89. The van der Waals surface area contributed by atoms with Crippen molar-refractivity contribution in [1.29, 1.82) is 0 Å². The third kappa shape index (κ3) is 10.7. The molecule has 0 N–H and O–H groups in total. The van der Waals surface area contributed by atoms with Gasteiger partial charge in [-0.3, -0.25) is 29.1 Å². The smallest absolute Gasteiger partial charge is 0.310 e. The van der Waals surface area contributed by atoms with Crippen LogP contribution in [-0.4, -0.2) is 90.0 Å². The average molecular weight is 784 g/mol. The van der Waals surface area contributed by atoms with Gasteiger partial charge in [0.2, 0.25) is 0 Å². The summed E-state index contributed by atoms with van der Waals surface area (Å²) in [5, 5.41) is 0. The molecule has 0 aromatic heterocycles. The van der Waals surface area contributed by atoms with Crippen molar-refractivity contribution in [2.24, 2.45) is 17.8 Å². The van der Waals surface area contributed by atoms with E-state index in [2.05, 4.69) is 35.8 Å². The zero-order chi connectivity index (χ0) is 37.6. The van der Waals surface area contributed by atoms with Gasteiger partial charge < -0.3 is 14.2 Å². The predicted octanol–water partition coefficient (Wildman–Crippen LogP) is 8.55. The molecular weight excluding hydrogens is 715 g/mol. The fraction of sp³-hybridized carbons (Fsp3) is 0.562. The molecule has 0 aliphatic carbocycles. The Morgan fingerprint density at radius 3 is 0.877 bits per heavy atom. The van der Waals surface area contributed by atoms with Gasteiger partial charge in [-0.2, -0.15) is 0 Å². The highest BCUT2D eigenvalue weighted by Crippen LogP contribution is 2.43. The lowest BCUT2D eigenvalue weighted by Crippen LogP contribution is -2.31. The molecule has 312 valence electrons. The molecule has 6 saturated heterocycles. The van der Waals surface area contributed by atoms with Gasteiger partial charge in [-0.15, -0.1) is 0 Å². The quantitative estimate of drug-likeness (QED) is 0.157. The number of carbonyl (C=O) groups excluding carboxylic acids is 3. The van der Waals surface area contributed by atoms with E-state index in [4.69, 9.17) is 14.2 Å². The lowest BCUT2D eigenvalue weighted by molar-refractivity contribution is -0.151. The molecule has 9 atom stereocenters. The molecule has 9 rings (SSSR count). The van der Waals surface area contributed by atoms with E-state index in [-0.39, 0.29) is 57.9 Å². The van der Waals surface area contributed by atoms with Crippen molar-refractivity contribution >= 4 is 17.9 Å². The highest BCUT2D eigenvalue weighted by molar-refractivity contribution is 5.75. The minimum absolute atomic E-state index is 0. The first kappa shape index (κ1) is 45.6. The first-order valence-corrected chi connectivity index (χ1v) is 20.0. The maximum absolute atomic E-state index is 12.1. The summed E-state index contributed by atoms with van der Waals surface area (Å²) in [5.41, 5.74) is 3.17. The number of ether oxygens (including phenoxy) is 3. The van der Waals surface area contributed by atoms with E-state index >= 15 is 0 Å². The van der Waals surface area contributed by atoms with Crippen molar-refractivity contribution in [3.63, 3.8) is 0 Å². The van der Waals surface area contributed by atoms with Crippen LogP contribution in [0.3, 0.4) is 0 Å². The number of hydrogen-bond donors (Lipinski definition) is 0. The van der Waals surface area contributed by atoms with Crippen molar-refractivity contribution in [1.82, 2.24) is 14.7 Å². The van der Waals surface area contributed by atoms with Crippen molar-refractivity contribution in [3.05, 3.63) is 108 Å². The molecule has 6 heterocycles. The summed E-state index contributed by atoms with van der Waals surface area (Å²) in [7, 11) is 6.40. The van der Waals surface area contributed by atoms with E-state index in [1.807, 2.05) is 91.0 Å². The van der Waals surface area contributed by atoms with Gasteiger partial charge in [-0.05, 0) is 95.6 Å². The van der Waals surface area contributed by atoms with Crippen molar-refractivity contribution in [3.8, 4) is 0 Å². The Kier molecular flexibility index (Phi) is 16.9. The fourth-order valence-corrected chi connectivity index (χ4v) is 10.0. The van der Waals surface area contributed by atoms with Crippen molar-refractivity contribution in [2.75, 3.05) is 21.1 Å². The molecule has 0 spiro atoms. The highest BCUT2D eigenvalue weighted by atomic mass is 16.5. The van der Waals surface area contributed by atoms with E-state index in [0.29, 0.717) is 56.1 Å². The number of fused-ring (bicyclic) bond motifs is 6. The van der Waals surface area contributed by atoms with E-state index in [1.54, 1.807) is 0 Å². The van der Waals surface area contributed by atoms with Crippen LogP contribution in [0.25, 0.3) is 0 Å². The summed E-state index contributed by atoms with van der Waals surface area (Å²) in [4.78, 5) is 43.4. The molecule has 0 saturated carbocycles. The molecule has 9 nitrogen and oxygen atoms in total. The summed E-state index contributed by atoms with van der Waals surface area (Å²) < 4.78 is 16.3. The molecule has 3 aromatic rings. The van der Waals surface area contributed by atoms with Crippen molar-refractivity contribution in [2.45, 2.75) is 136 Å². The minimum atomic E-state index is -0.0158. The number of esters is 3. The molecule has 6 fully saturated rings. The summed E-state index contributed by atoms with van der Waals surface area (Å²) in [6.07, 6.45) is 10.1. The standard InChI is InChI=1S/3C15H19NO2.3CH4/c3*1-16-12-7-8-14(16)13(9-12)15(17)18-10-11-5-3-2-4-6-11;;;/h3*2-6,12-14H,7-10H2,1H3;3*1H4. The molecule has 9 heteroatoms. The molecule has 6 aliphatic heterocycles. The van der Waals surface area contributed by atoms with Gasteiger partial charge in [0, 0.05) is 36.3 Å². The molecule has 6 aliphatic rings. The molecule has 0 amide bonds. The minimum Gasteiger partial charge on any atom is -0.461 e. The topological polar surface area (TPSA) is 88.6 Å². The van der Waals surface area contributed by atoms with E-state index in [9.17, 15) is 14.4 Å². The highest BCUT2D eigenvalue weighted by Gasteiger charge is 2.49. The lowest BCUT2D eigenvalue weighted by Gasteiger charge is -2.20. The number of rotatable bonds is 9. The van der Waals surface area contributed by atoms with Crippen LogP contribution < -0.4 is 0 Å². The predicted molar refractivity (Wildman–Crippen MR) is 227 cm³/mol. The van der Waals surface area contributed by atoms with E-state index in [1.165, 1.54) is 19.3 Å². The largest absolute Gasteiger partial charge is 0.461 e. The van der Waals surface area contributed by atoms with E-state index < -0.39 is 0 Å². The normalized spacial score (nSPS) is 29.0. The third-order valence-corrected chi connectivity index (χ3v) is 13.2. The number of hydrogen-bond acceptors (Lipinski definition) is 9. The Morgan fingerprint density at radius 1 is 0.439 bits per heavy atom. The Labute approximate surface area is 343 Å². The summed E-state index contributed by atoms with van der Waals surface area (Å²) in [5.74, 6) is 0.237. The van der Waals surface area contributed by atoms with Crippen LogP contribution in [-0.2, 0) is 48.4 Å². The van der Waals surface area contributed by atoms with E-state index in [0.717, 1.165) is 55.2 Å². The molecule has 57 heavy (non-hydrogen) atoms. The van der Waals surface area contributed by atoms with Crippen LogP contribution in [0.2, 0.25) is 0 Å². The number of nitrogens with zero attached hydrogens (tertiary/aromatic N) is 3. The Hall–Kier alpha value is -4.05. The Balaban J connectivity index is 0.000000185. The van der Waals surface area contributed by atoms with Crippen LogP contribution in [0.15, 0.2) is 91.0 Å². The van der Waals surface area contributed by atoms with Crippen LogP contribution in [0.1, 0.15) is 96.8 Å². The molecule has 9 unspecified atom stereocenters. The third-order valence-electron chi connectivity index (χ3n) is 13.2. The summed E-state index contributed by atoms with van der Waals surface area (Å²) in [6.45, 7) is 1.20. The van der Waals surface area contributed by atoms with Crippen LogP contribution in [0, 0.1) is 17.8 Å².